The zero-order valence-corrected chi connectivity index (χ0v) is 22.6. The summed E-state index contributed by atoms with van der Waals surface area (Å²) in [7, 11) is 16.6. The van der Waals surface area contributed by atoms with Crippen molar-refractivity contribution in [2.24, 2.45) is 10.2 Å². The Hall–Kier alpha value is -4.06. The van der Waals surface area contributed by atoms with Crippen LogP contribution in [0.1, 0.15) is 11.1 Å². The van der Waals surface area contributed by atoms with Crippen molar-refractivity contribution in [2.75, 3.05) is 76.0 Å². The first kappa shape index (κ1) is 25.0. The van der Waals surface area contributed by atoms with Gasteiger partial charge in [0.1, 0.15) is 0 Å². The highest BCUT2D eigenvalue weighted by Crippen LogP contribution is 2.37. The molecular formula is C30H36N6. The van der Waals surface area contributed by atoms with Crippen LogP contribution in [0.5, 0.6) is 0 Å². The Morgan fingerprint density at radius 3 is 1.19 bits per heavy atom. The summed E-state index contributed by atoms with van der Waals surface area (Å²) in [5.41, 5.74) is 6.68. The summed E-state index contributed by atoms with van der Waals surface area (Å²) >= 11 is 0. The molecule has 0 unspecified atom stereocenters. The average Bonchev–Trinajstić information content (AvgIpc) is 2.84. The van der Waals surface area contributed by atoms with Gasteiger partial charge in [-0.05, 0) is 22.9 Å². The maximum atomic E-state index is 4.47. The van der Waals surface area contributed by atoms with E-state index in [4.69, 9.17) is 0 Å². The van der Waals surface area contributed by atoms with Crippen LogP contribution in [-0.2, 0) is 0 Å². The second-order valence-electron chi connectivity index (χ2n) is 9.82. The fourth-order valence-corrected chi connectivity index (χ4v) is 4.82. The van der Waals surface area contributed by atoms with Crippen molar-refractivity contribution in [3.05, 3.63) is 71.8 Å². The number of nitrogens with zero attached hydrogens (tertiary/aromatic N) is 6. The molecule has 0 aliphatic heterocycles. The zero-order chi connectivity index (χ0) is 26.0. The van der Waals surface area contributed by atoms with Crippen molar-refractivity contribution in [2.45, 2.75) is 0 Å². The van der Waals surface area contributed by atoms with Gasteiger partial charge in [-0.25, -0.2) is 0 Å². The molecule has 0 bridgehead atoms. The molecule has 0 aliphatic carbocycles. The first-order chi connectivity index (χ1) is 17.2. The monoisotopic (exact) mass is 480 g/mol. The molecular weight excluding hydrogens is 444 g/mol. The molecule has 0 atom stereocenters. The molecule has 4 aromatic rings. The maximum absolute atomic E-state index is 4.47. The molecule has 0 radical (unpaired) electrons. The van der Waals surface area contributed by atoms with Gasteiger partial charge in [0.05, 0.1) is 23.8 Å². The van der Waals surface area contributed by atoms with Crippen LogP contribution in [0.3, 0.4) is 0 Å². The smallest absolute Gasteiger partial charge is 0.0589 e. The van der Waals surface area contributed by atoms with Crippen molar-refractivity contribution in [1.82, 2.24) is 0 Å². The molecule has 36 heavy (non-hydrogen) atoms. The van der Waals surface area contributed by atoms with E-state index in [9.17, 15) is 0 Å². The van der Waals surface area contributed by atoms with Crippen LogP contribution >= 0.6 is 0 Å². The molecule has 0 aromatic heterocycles. The molecule has 0 spiro atoms. The topological polar surface area (TPSA) is 37.7 Å². The Bertz CT molecular complexity index is 1340. The quantitative estimate of drug-likeness (QED) is 0.251. The highest BCUT2D eigenvalue weighted by molar-refractivity contribution is 6.11. The normalized spacial score (nSPS) is 11.7. The van der Waals surface area contributed by atoms with Gasteiger partial charge in [0.25, 0.3) is 0 Å². The van der Waals surface area contributed by atoms with Gasteiger partial charge in [-0.1, -0.05) is 48.5 Å². The maximum Gasteiger partial charge on any atom is 0.0589 e. The molecule has 186 valence electrons. The molecule has 4 aromatic carbocycles. The summed E-state index contributed by atoms with van der Waals surface area (Å²) in [6.45, 7) is 0. The van der Waals surface area contributed by atoms with Gasteiger partial charge in [0, 0.05) is 89.7 Å². The fraction of sp³-hybridized carbons (Fsp3) is 0.267. The highest BCUT2D eigenvalue weighted by atomic mass is 15.2. The lowest BCUT2D eigenvalue weighted by atomic mass is 10.0. The summed E-state index contributed by atoms with van der Waals surface area (Å²) in [6, 6.07) is 21.3. The third-order valence-corrected chi connectivity index (χ3v) is 6.37. The molecule has 6 heteroatoms. The number of anilines is 4. The van der Waals surface area contributed by atoms with Gasteiger partial charge in [-0.15, -0.1) is 0 Å². The van der Waals surface area contributed by atoms with Gasteiger partial charge in [0.15, 0.2) is 0 Å². The first-order valence-electron chi connectivity index (χ1n) is 12.1. The van der Waals surface area contributed by atoms with E-state index in [0.29, 0.717) is 0 Å². The van der Waals surface area contributed by atoms with E-state index >= 15 is 0 Å². The lowest BCUT2D eigenvalue weighted by Gasteiger charge is -2.23. The van der Waals surface area contributed by atoms with Crippen molar-refractivity contribution < 1.29 is 0 Å². The largest absolute Gasteiger partial charge is 0.377 e. The highest BCUT2D eigenvalue weighted by Gasteiger charge is 2.15. The molecule has 0 heterocycles. The number of hydrogen-bond donors (Lipinski definition) is 0. The van der Waals surface area contributed by atoms with Crippen LogP contribution in [0.15, 0.2) is 70.9 Å². The molecule has 0 amide bonds. The summed E-state index contributed by atoms with van der Waals surface area (Å²) < 4.78 is 0. The SMILES string of the molecule is CN(C)c1cccc2ccc(/C=N/N=C/c3ccc4cccc(N(C)C)c4c3N(C)C)c(N(C)C)c12. The lowest BCUT2D eigenvalue weighted by Crippen LogP contribution is -2.15. The standard InChI is InChI=1S/C30H36N6/c1-33(2)25-13-9-11-21-15-17-23(29(27(21)25)35(5)6)19-31-32-20-24-18-16-22-12-10-14-26(34(3)4)28(22)30(24)36(7)8/h9-20H,1-8H3/b31-19+,32-20+. The van der Waals surface area contributed by atoms with E-state index < -0.39 is 0 Å². The van der Waals surface area contributed by atoms with Crippen molar-refractivity contribution in [1.29, 1.82) is 0 Å². The van der Waals surface area contributed by atoms with E-state index in [-0.39, 0.29) is 0 Å². The second kappa shape index (κ2) is 10.3. The van der Waals surface area contributed by atoms with Crippen molar-refractivity contribution >= 4 is 56.7 Å². The van der Waals surface area contributed by atoms with Crippen LogP contribution in [-0.4, -0.2) is 68.8 Å². The molecule has 0 fully saturated rings. The average molecular weight is 481 g/mol. The molecule has 0 N–H and O–H groups in total. The van der Waals surface area contributed by atoms with Gasteiger partial charge in [-0.3, -0.25) is 0 Å². The molecule has 6 nitrogen and oxygen atoms in total. The summed E-state index contributed by atoms with van der Waals surface area (Å²) in [4.78, 5) is 8.60. The predicted molar refractivity (Wildman–Crippen MR) is 160 cm³/mol. The second-order valence-corrected chi connectivity index (χ2v) is 9.82. The van der Waals surface area contributed by atoms with Crippen LogP contribution in [0, 0.1) is 0 Å². The Balaban J connectivity index is 1.77. The Labute approximate surface area is 214 Å². The minimum absolute atomic E-state index is 1.03. The van der Waals surface area contributed by atoms with Gasteiger partial charge in [0.2, 0.25) is 0 Å². The summed E-state index contributed by atoms with van der Waals surface area (Å²) in [6.07, 6.45) is 3.69. The van der Waals surface area contributed by atoms with E-state index in [2.05, 4.69) is 147 Å². The van der Waals surface area contributed by atoms with Crippen molar-refractivity contribution in [3.63, 3.8) is 0 Å². The third kappa shape index (κ3) is 4.71. The van der Waals surface area contributed by atoms with Gasteiger partial charge < -0.3 is 19.6 Å². The minimum Gasteiger partial charge on any atom is -0.377 e. The van der Waals surface area contributed by atoms with Crippen LogP contribution in [0.25, 0.3) is 21.5 Å². The van der Waals surface area contributed by atoms with E-state index in [1.54, 1.807) is 0 Å². The number of hydrogen-bond acceptors (Lipinski definition) is 6. The number of fused-ring (bicyclic) bond motifs is 2. The van der Waals surface area contributed by atoms with Crippen molar-refractivity contribution in [3.8, 4) is 0 Å². The van der Waals surface area contributed by atoms with Gasteiger partial charge >= 0.3 is 0 Å². The molecule has 4 rings (SSSR count). The summed E-state index contributed by atoms with van der Waals surface area (Å²) in [5.74, 6) is 0. The molecule has 0 saturated heterocycles. The molecule has 0 aliphatic rings. The van der Waals surface area contributed by atoms with Crippen LogP contribution in [0.4, 0.5) is 22.7 Å². The fourth-order valence-electron chi connectivity index (χ4n) is 4.82. The summed E-state index contributed by atoms with van der Waals surface area (Å²) in [5, 5.41) is 13.8. The van der Waals surface area contributed by atoms with E-state index in [1.807, 2.05) is 12.4 Å². The minimum atomic E-state index is 1.03. The van der Waals surface area contributed by atoms with Gasteiger partial charge in [-0.2, -0.15) is 10.2 Å². The van der Waals surface area contributed by atoms with Crippen LogP contribution in [0.2, 0.25) is 0 Å². The Morgan fingerprint density at radius 2 is 0.861 bits per heavy atom. The number of rotatable bonds is 7. The van der Waals surface area contributed by atoms with Crippen LogP contribution < -0.4 is 19.6 Å². The third-order valence-electron chi connectivity index (χ3n) is 6.37. The Kier molecular flexibility index (Phi) is 7.15. The number of benzene rings is 4. The predicted octanol–water partition coefficient (Wildman–Crippen LogP) is 5.71. The Morgan fingerprint density at radius 1 is 0.472 bits per heavy atom. The lowest BCUT2D eigenvalue weighted by molar-refractivity contribution is 1.12. The van der Waals surface area contributed by atoms with E-state index in [0.717, 1.165) is 22.5 Å². The molecule has 0 saturated carbocycles. The first-order valence-corrected chi connectivity index (χ1v) is 12.1. The zero-order valence-electron chi connectivity index (χ0n) is 22.6. The van der Waals surface area contributed by atoms with E-state index in [1.165, 1.54) is 32.9 Å².